The van der Waals surface area contributed by atoms with Gasteiger partial charge in [0.15, 0.2) is 0 Å². The molecule has 0 spiro atoms. The largest absolute Gasteiger partial charge is 0.326 e. The Hall–Kier alpha value is -1.68. The third kappa shape index (κ3) is 2.84. The minimum atomic E-state index is -0.0147. The van der Waals surface area contributed by atoms with E-state index in [1.165, 1.54) is 5.69 Å². The Morgan fingerprint density at radius 1 is 1.32 bits per heavy atom. The van der Waals surface area contributed by atoms with E-state index in [0.717, 1.165) is 24.1 Å². The Morgan fingerprint density at radius 3 is 2.63 bits per heavy atom. The van der Waals surface area contributed by atoms with Gasteiger partial charge in [-0.15, -0.1) is 0 Å². The quantitative estimate of drug-likeness (QED) is 0.895. The number of aromatic nitrogens is 3. The fourth-order valence-corrected chi connectivity index (χ4v) is 2.39. The molecule has 0 amide bonds. The van der Waals surface area contributed by atoms with E-state index in [-0.39, 0.29) is 12.1 Å². The van der Waals surface area contributed by atoms with Crippen molar-refractivity contribution in [3.63, 3.8) is 0 Å². The standard InChI is InChI=1S/C15H22N4/c1-4-13-9-14(5-2)19(18-13)15(11(3)16)12-7-6-8-17-10-12/h6-11,15H,4-5,16H2,1-3H3. The summed E-state index contributed by atoms with van der Waals surface area (Å²) >= 11 is 0. The highest BCUT2D eigenvalue weighted by Gasteiger charge is 2.22. The Kier molecular flexibility index (Phi) is 4.32. The van der Waals surface area contributed by atoms with Gasteiger partial charge in [-0.1, -0.05) is 19.9 Å². The number of hydrogen-bond acceptors (Lipinski definition) is 3. The average molecular weight is 258 g/mol. The number of rotatable bonds is 5. The van der Waals surface area contributed by atoms with E-state index in [1.807, 2.05) is 19.2 Å². The van der Waals surface area contributed by atoms with Crippen LogP contribution in [0.5, 0.6) is 0 Å². The fourth-order valence-electron chi connectivity index (χ4n) is 2.39. The summed E-state index contributed by atoms with van der Waals surface area (Å²) in [4.78, 5) is 4.20. The van der Waals surface area contributed by atoms with Gasteiger partial charge in [0.05, 0.1) is 11.7 Å². The van der Waals surface area contributed by atoms with E-state index in [2.05, 4.69) is 35.6 Å². The minimum absolute atomic E-state index is 0.0147. The summed E-state index contributed by atoms with van der Waals surface area (Å²) in [6, 6.07) is 6.21. The van der Waals surface area contributed by atoms with Crippen LogP contribution in [-0.4, -0.2) is 20.8 Å². The molecule has 0 aliphatic rings. The molecule has 0 aliphatic carbocycles. The van der Waals surface area contributed by atoms with Gasteiger partial charge in [-0.3, -0.25) is 9.67 Å². The molecular weight excluding hydrogens is 236 g/mol. The predicted octanol–water partition coefficient (Wildman–Crippen LogP) is 2.34. The van der Waals surface area contributed by atoms with Crippen LogP contribution in [0.4, 0.5) is 0 Å². The first kappa shape index (κ1) is 13.7. The Balaban J connectivity index is 2.48. The maximum absolute atomic E-state index is 6.19. The number of nitrogens with zero attached hydrogens (tertiary/aromatic N) is 3. The van der Waals surface area contributed by atoms with E-state index >= 15 is 0 Å². The molecule has 4 heteroatoms. The molecule has 0 bridgehead atoms. The first-order valence-electron chi connectivity index (χ1n) is 6.90. The molecule has 2 N–H and O–H groups in total. The van der Waals surface area contributed by atoms with Crippen LogP contribution in [0.2, 0.25) is 0 Å². The molecule has 19 heavy (non-hydrogen) atoms. The summed E-state index contributed by atoms with van der Waals surface area (Å²) < 4.78 is 2.07. The second-order valence-electron chi connectivity index (χ2n) is 4.87. The normalized spacial score (nSPS) is 14.3. The molecule has 2 heterocycles. The van der Waals surface area contributed by atoms with E-state index in [9.17, 15) is 0 Å². The van der Waals surface area contributed by atoms with Crippen molar-refractivity contribution in [3.05, 3.63) is 47.5 Å². The van der Waals surface area contributed by atoms with Crippen molar-refractivity contribution in [3.8, 4) is 0 Å². The van der Waals surface area contributed by atoms with Gasteiger partial charge in [0.25, 0.3) is 0 Å². The maximum atomic E-state index is 6.19. The lowest BCUT2D eigenvalue weighted by molar-refractivity contribution is 0.437. The van der Waals surface area contributed by atoms with Gasteiger partial charge < -0.3 is 5.73 Å². The molecule has 2 atom stereocenters. The molecule has 0 saturated heterocycles. The SMILES string of the molecule is CCc1cc(CC)n(C(c2cccnc2)C(C)N)n1. The van der Waals surface area contributed by atoms with Crippen molar-refractivity contribution < 1.29 is 0 Å². The van der Waals surface area contributed by atoms with Gasteiger partial charge in [0, 0.05) is 24.1 Å². The molecule has 0 aromatic carbocycles. The predicted molar refractivity (Wildman–Crippen MR) is 77.0 cm³/mol. The number of nitrogens with two attached hydrogens (primary N) is 1. The Morgan fingerprint density at radius 2 is 2.11 bits per heavy atom. The molecule has 0 saturated carbocycles. The highest BCUT2D eigenvalue weighted by molar-refractivity contribution is 5.21. The van der Waals surface area contributed by atoms with Crippen LogP contribution < -0.4 is 5.73 Å². The van der Waals surface area contributed by atoms with Gasteiger partial charge >= 0.3 is 0 Å². The molecule has 4 nitrogen and oxygen atoms in total. The lowest BCUT2D eigenvalue weighted by atomic mass is 10.0. The Labute approximate surface area is 114 Å². The average Bonchev–Trinajstić information content (AvgIpc) is 2.83. The van der Waals surface area contributed by atoms with E-state index in [0.29, 0.717) is 0 Å². The summed E-state index contributed by atoms with van der Waals surface area (Å²) in [5.41, 5.74) is 9.64. The number of pyridine rings is 1. The van der Waals surface area contributed by atoms with Crippen molar-refractivity contribution in [1.29, 1.82) is 0 Å². The van der Waals surface area contributed by atoms with Crippen molar-refractivity contribution in [2.45, 2.75) is 45.7 Å². The van der Waals surface area contributed by atoms with Crippen LogP contribution in [0, 0.1) is 0 Å². The van der Waals surface area contributed by atoms with Gasteiger partial charge in [-0.05, 0) is 37.5 Å². The summed E-state index contributed by atoms with van der Waals surface area (Å²) in [6.45, 7) is 6.29. The molecule has 0 fully saturated rings. The Bertz CT molecular complexity index is 516. The summed E-state index contributed by atoms with van der Waals surface area (Å²) in [5.74, 6) is 0. The van der Waals surface area contributed by atoms with Gasteiger partial charge in [-0.25, -0.2) is 0 Å². The molecule has 0 radical (unpaired) electrons. The van der Waals surface area contributed by atoms with Crippen LogP contribution in [0.1, 0.15) is 43.8 Å². The number of aryl methyl sites for hydroxylation is 2. The first-order chi connectivity index (χ1) is 9.17. The number of hydrogen-bond donors (Lipinski definition) is 1. The highest BCUT2D eigenvalue weighted by atomic mass is 15.3. The second-order valence-corrected chi connectivity index (χ2v) is 4.87. The van der Waals surface area contributed by atoms with Crippen molar-refractivity contribution in [2.24, 2.45) is 5.73 Å². The zero-order chi connectivity index (χ0) is 13.8. The summed E-state index contributed by atoms with van der Waals surface area (Å²) in [7, 11) is 0. The molecule has 2 aromatic heterocycles. The summed E-state index contributed by atoms with van der Waals surface area (Å²) in [5, 5.41) is 4.71. The molecule has 2 rings (SSSR count). The molecule has 0 aliphatic heterocycles. The second kappa shape index (κ2) is 5.97. The zero-order valence-electron chi connectivity index (χ0n) is 11.9. The third-order valence-electron chi connectivity index (χ3n) is 3.38. The van der Waals surface area contributed by atoms with Crippen LogP contribution in [0.25, 0.3) is 0 Å². The molecule has 102 valence electrons. The van der Waals surface area contributed by atoms with Gasteiger partial charge in [0.1, 0.15) is 0 Å². The van der Waals surface area contributed by atoms with Crippen molar-refractivity contribution >= 4 is 0 Å². The first-order valence-corrected chi connectivity index (χ1v) is 6.90. The zero-order valence-corrected chi connectivity index (χ0v) is 11.9. The summed E-state index contributed by atoms with van der Waals surface area (Å²) in [6.07, 6.45) is 5.55. The molecule has 2 unspecified atom stereocenters. The van der Waals surface area contributed by atoms with Gasteiger partial charge in [-0.2, -0.15) is 5.10 Å². The van der Waals surface area contributed by atoms with Crippen molar-refractivity contribution in [2.75, 3.05) is 0 Å². The van der Waals surface area contributed by atoms with Gasteiger partial charge in [0.2, 0.25) is 0 Å². The minimum Gasteiger partial charge on any atom is -0.326 e. The smallest absolute Gasteiger partial charge is 0.0934 e. The monoisotopic (exact) mass is 258 g/mol. The van der Waals surface area contributed by atoms with Crippen molar-refractivity contribution in [1.82, 2.24) is 14.8 Å². The maximum Gasteiger partial charge on any atom is 0.0934 e. The van der Waals surface area contributed by atoms with Crippen LogP contribution in [0.3, 0.4) is 0 Å². The van der Waals surface area contributed by atoms with E-state index in [1.54, 1.807) is 6.20 Å². The highest BCUT2D eigenvalue weighted by Crippen LogP contribution is 2.23. The third-order valence-corrected chi connectivity index (χ3v) is 3.38. The molecular formula is C15H22N4. The van der Waals surface area contributed by atoms with Crippen LogP contribution in [0.15, 0.2) is 30.6 Å². The lowest BCUT2D eigenvalue weighted by Gasteiger charge is -2.23. The molecule has 2 aromatic rings. The van der Waals surface area contributed by atoms with Crippen LogP contribution in [-0.2, 0) is 12.8 Å². The lowest BCUT2D eigenvalue weighted by Crippen LogP contribution is -2.32. The van der Waals surface area contributed by atoms with E-state index in [4.69, 9.17) is 10.8 Å². The fraction of sp³-hybridized carbons (Fsp3) is 0.467. The van der Waals surface area contributed by atoms with E-state index < -0.39 is 0 Å². The topological polar surface area (TPSA) is 56.7 Å². The van der Waals surface area contributed by atoms with Crippen LogP contribution >= 0.6 is 0 Å².